The second kappa shape index (κ2) is 6.95. The first kappa shape index (κ1) is 17.0. The number of carbonyl (C=O) groups is 1. The van der Waals surface area contributed by atoms with Crippen LogP contribution in [0.15, 0.2) is 30.4 Å². The molecule has 0 saturated heterocycles. The Bertz CT molecular complexity index is 642. The Morgan fingerprint density at radius 2 is 2.21 bits per heavy atom. The van der Waals surface area contributed by atoms with E-state index in [2.05, 4.69) is 6.08 Å². The van der Waals surface area contributed by atoms with E-state index in [1.54, 1.807) is 0 Å². The van der Waals surface area contributed by atoms with Crippen LogP contribution in [0.4, 0.5) is 0 Å². The highest BCUT2D eigenvalue weighted by Gasteiger charge is 2.34. The maximum atomic E-state index is 11.6. The molecule has 5 atom stereocenters. The highest BCUT2D eigenvalue weighted by Crippen LogP contribution is 2.39. The van der Waals surface area contributed by atoms with E-state index in [9.17, 15) is 9.90 Å². The molecule has 0 radical (unpaired) electrons. The highest BCUT2D eigenvalue weighted by molar-refractivity contribution is 5.72. The fourth-order valence-corrected chi connectivity index (χ4v) is 3.57. The lowest BCUT2D eigenvalue weighted by Crippen LogP contribution is -2.33. The molecule has 5 nitrogen and oxygen atoms in total. The molecule has 1 aromatic carbocycles. The fraction of sp³-hybridized carbons (Fsp3) is 0.526. The van der Waals surface area contributed by atoms with Gasteiger partial charge < -0.3 is 20.3 Å². The van der Waals surface area contributed by atoms with Crippen molar-refractivity contribution in [2.24, 2.45) is 17.6 Å². The van der Waals surface area contributed by atoms with E-state index in [-0.39, 0.29) is 30.0 Å². The topological polar surface area (TPSA) is 81.8 Å². The zero-order valence-corrected chi connectivity index (χ0v) is 14.1. The zero-order valence-electron chi connectivity index (χ0n) is 14.1. The summed E-state index contributed by atoms with van der Waals surface area (Å²) in [5.74, 6) is 0.507. The lowest BCUT2D eigenvalue weighted by molar-refractivity contribution is -0.144. The summed E-state index contributed by atoms with van der Waals surface area (Å²) < 4.78 is 10.9. The molecular weight excluding hydrogens is 306 g/mol. The summed E-state index contributed by atoms with van der Waals surface area (Å²) in [6.07, 6.45) is 5.51. The van der Waals surface area contributed by atoms with Crippen molar-refractivity contribution in [3.63, 3.8) is 0 Å². The minimum absolute atomic E-state index is 0.0643. The molecular formula is C19H25NO4. The number of benzene rings is 1. The van der Waals surface area contributed by atoms with Gasteiger partial charge in [-0.05, 0) is 24.5 Å². The van der Waals surface area contributed by atoms with Gasteiger partial charge in [0.05, 0.1) is 19.1 Å². The fourth-order valence-electron chi connectivity index (χ4n) is 3.57. The number of rotatable bonds is 4. The maximum absolute atomic E-state index is 11.6. The van der Waals surface area contributed by atoms with Gasteiger partial charge in [-0.2, -0.15) is 0 Å². The minimum atomic E-state index is -0.531. The standard InChI is InChI=1S/C19H25NO4/c1-11(19(22)23-2)7-12-3-6-15-16(21)10-17(24-18(15)8-12)13-4-5-14(20)9-13/h3-6,8,11,13-14,16-17,21H,7,9-10,20H2,1-2H3. The zero-order chi connectivity index (χ0) is 17.3. The predicted molar refractivity (Wildman–Crippen MR) is 90.5 cm³/mol. The Morgan fingerprint density at radius 1 is 1.42 bits per heavy atom. The summed E-state index contributed by atoms with van der Waals surface area (Å²) in [7, 11) is 1.40. The van der Waals surface area contributed by atoms with Gasteiger partial charge in [0.25, 0.3) is 0 Å². The number of aliphatic hydroxyl groups is 1. The number of esters is 1. The molecule has 0 amide bonds. The van der Waals surface area contributed by atoms with Crippen molar-refractivity contribution >= 4 is 5.97 Å². The number of nitrogens with two attached hydrogens (primary N) is 1. The molecule has 0 spiro atoms. The maximum Gasteiger partial charge on any atom is 0.308 e. The average Bonchev–Trinajstić information content (AvgIpc) is 3.00. The number of ether oxygens (including phenoxy) is 2. The summed E-state index contributed by atoms with van der Waals surface area (Å²) in [4.78, 5) is 11.6. The summed E-state index contributed by atoms with van der Waals surface area (Å²) in [6, 6.07) is 5.84. The van der Waals surface area contributed by atoms with Crippen molar-refractivity contribution in [1.82, 2.24) is 0 Å². The molecule has 24 heavy (non-hydrogen) atoms. The van der Waals surface area contributed by atoms with Crippen LogP contribution in [-0.2, 0) is 16.0 Å². The lowest BCUT2D eigenvalue weighted by atomic mass is 9.89. The van der Waals surface area contributed by atoms with Crippen molar-refractivity contribution in [1.29, 1.82) is 0 Å². The average molecular weight is 331 g/mol. The SMILES string of the molecule is COC(=O)C(C)Cc1ccc2c(c1)OC(C1C=CC(N)C1)CC2O. The monoisotopic (exact) mass is 331 g/mol. The Hall–Kier alpha value is -1.85. The van der Waals surface area contributed by atoms with Crippen molar-refractivity contribution in [3.05, 3.63) is 41.5 Å². The van der Waals surface area contributed by atoms with Crippen LogP contribution in [0.3, 0.4) is 0 Å². The van der Waals surface area contributed by atoms with E-state index in [0.29, 0.717) is 18.6 Å². The third-order valence-electron chi connectivity index (χ3n) is 4.94. The molecule has 1 heterocycles. The normalized spacial score (nSPS) is 29.7. The second-order valence-electron chi connectivity index (χ2n) is 6.86. The van der Waals surface area contributed by atoms with Gasteiger partial charge in [0.1, 0.15) is 11.9 Å². The van der Waals surface area contributed by atoms with Crippen LogP contribution < -0.4 is 10.5 Å². The molecule has 130 valence electrons. The van der Waals surface area contributed by atoms with Crippen LogP contribution in [0, 0.1) is 11.8 Å². The van der Waals surface area contributed by atoms with Crippen molar-refractivity contribution in [2.45, 2.75) is 44.4 Å². The Balaban J connectivity index is 1.76. The number of hydrogen-bond donors (Lipinski definition) is 2. The van der Waals surface area contributed by atoms with Gasteiger partial charge in [-0.1, -0.05) is 31.2 Å². The largest absolute Gasteiger partial charge is 0.489 e. The Morgan fingerprint density at radius 3 is 2.88 bits per heavy atom. The summed E-state index contributed by atoms with van der Waals surface area (Å²) >= 11 is 0. The van der Waals surface area contributed by atoms with Gasteiger partial charge in [0, 0.05) is 23.9 Å². The molecule has 1 aromatic rings. The molecule has 0 saturated carbocycles. The van der Waals surface area contributed by atoms with E-state index in [1.165, 1.54) is 7.11 Å². The molecule has 0 fully saturated rings. The van der Waals surface area contributed by atoms with Gasteiger partial charge in [-0.3, -0.25) is 4.79 Å². The third-order valence-corrected chi connectivity index (χ3v) is 4.94. The van der Waals surface area contributed by atoms with E-state index in [0.717, 1.165) is 17.5 Å². The van der Waals surface area contributed by atoms with E-state index < -0.39 is 6.10 Å². The van der Waals surface area contributed by atoms with Crippen LogP contribution >= 0.6 is 0 Å². The van der Waals surface area contributed by atoms with E-state index in [1.807, 2.05) is 31.2 Å². The summed E-state index contributed by atoms with van der Waals surface area (Å²) in [5.41, 5.74) is 7.74. The van der Waals surface area contributed by atoms with Crippen LogP contribution in [0.2, 0.25) is 0 Å². The first-order valence-corrected chi connectivity index (χ1v) is 8.47. The number of carbonyl (C=O) groups excluding carboxylic acids is 1. The lowest BCUT2D eigenvalue weighted by Gasteiger charge is -2.33. The Kier molecular flexibility index (Phi) is 4.92. The van der Waals surface area contributed by atoms with Gasteiger partial charge >= 0.3 is 5.97 Å². The second-order valence-corrected chi connectivity index (χ2v) is 6.86. The quantitative estimate of drug-likeness (QED) is 0.652. The highest BCUT2D eigenvalue weighted by atomic mass is 16.5. The summed E-state index contributed by atoms with van der Waals surface area (Å²) in [5, 5.41) is 10.4. The van der Waals surface area contributed by atoms with Crippen molar-refractivity contribution < 1.29 is 19.4 Å². The molecule has 0 aromatic heterocycles. The van der Waals surface area contributed by atoms with Gasteiger partial charge in [-0.25, -0.2) is 0 Å². The molecule has 5 heteroatoms. The first-order valence-electron chi connectivity index (χ1n) is 8.47. The van der Waals surface area contributed by atoms with Crippen molar-refractivity contribution in [2.75, 3.05) is 7.11 Å². The summed E-state index contributed by atoms with van der Waals surface area (Å²) in [6.45, 7) is 1.84. The third kappa shape index (κ3) is 3.47. The predicted octanol–water partition coefficient (Wildman–Crippen LogP) is 2.13. The molecule has 0 bridgehead atoms. The van der Waals surface area contributed by atoms with Gasteiger partial charge in [0.15, 0.2) is 0 Å². The number of methoxy groups -OCH3 is 1. The molecule has 5 unspecified atom stereocenters. The van der Waals surface area contributed by atoms with E-state index >= 15 is 0 Å². The van der Waals surface area contributed by atoms with Crippen LogP contribution in [0.1, 0.15) is 37.0 Å². The molecule has 3 N–H and O–H groups in total. The van der Waals surface area contributed by atoms with Gasteiger partial charge in [-0.15, -0.1) is 0 Å². The van der Waals surface area contributed by atoms with E-state index in [4.69, 9.17) is 15.2 Å². The van der Waals surface area contributed by atoms with Crippen molar-refractivity contribution in [3.8, 4) is 5.75 Å². The van der Waals surface area contributed by atoms with Gasteiger partial charge in [0.2, 0.25) is 0 Å². The number of fused-ring (bicyclic) bond motifs is 1. The number of hydrogen-bond acceptors (Lipinski definition) is 5. The van der Waals surface area contributed by atoms with Crippen LogP contribution in [0.5, 0.6) is 5.75 Å². The molecule has 3 rings (SSSR count). The molecule has 1 aliphatic carbocycles. The molecule has 2 aliphatic rings. The first-order chi connectivity index (χ1) is 11.5. The Labute approximate surface area is 142 Å². The molecule has 1 aliphatic heterocycles. The number of aliphatic hydroxyl groups excluding tert-OH is 1. The minimum Gasteiger partial charge on any atom is -0.489 e. The smallest absolute Gasteiger partial charge is 0.308 e. The van der Waals surface area contributed by atoms with Crippen LogP contribution in [0.25, 0.3) is 0 Å². The van der Waals surface area contributed by atoms with Crippen LogP contribution in [-0.4, -0.2) is 30.3 Å².